The smallest absolute Gasteiger partial charge is 0.256 e. The van der Waals surface area contributed by atoms with Gasteiger partial charge in [0.15, 0.2) is 8.07 Å². The summed E-state index contributed by atoms with van der Waals surface area (Å²) in [6.45, 7) is 6.98. The summed E-state index contributed by atoms with van der Waals surface area (Å²) in [6.07, 6.45) is 0. The van der Waals surface area contributed by atoms with Crippen LogP contribution in [0.1, 0.15) is 26.3 Å². The van der Waals surface area contributed by atoms with Crippen molar-refractivity contribution in [3.05, 3.63) is 145 Å². The highest BCUT2D eigenvalue weighted by atomic mass is 28.3. The summed E-state index contributed by atoms with van der Waals surface area (Å²) >= 11 is 0. The molecule has 0 radical (unpaired) electrons. The molecule has 0 fully saturated rings. The SMILES string of the molecule is CC(C)(C)c1cc2c3c(c1)N1c4ccccc4[Si](c4ccccc4)(c4ccccc4)c4cccc(c41)B3c1ccccc1O2. The van der Waals surface area contributed by atoms with E-state index < -0.39 is 8.07 Å². The minimum absolute atomic E-state index is 0.0387. The third-order valence-electron chi connectivity index (χ3n) is 9.93. The first-order valence-electron chi connectivity index (χ1n) is 15.6. The Hall–Kier alpha value is -4.80. The molecular formula is C40H32BNOSi. The molecule has 0 saturated heterocycles. The van der Waals surface area contributed by atoms with Crippen LogP contribution in [0.15, 0.2) is 140 Å². The van der Waals surface area contributed by atoms with Crippen molar-refractivity contribution in [3.63, 3.8) is 0 Å². The Kier molecular flexibility index (Phi) is 5.31. The van der Waals surface area contributed by atoms with E-state index in [0.29, 0.717) is 0 Å². The number of hydrogen-bond donors (Lipinski definition) is 0. The van der Waals surface area contributed by atoms with Gasteiger partial charge in [0.25, 0.3) is 6.71 Å². The number of para-hydroxylation sites is 3. The molecule has 0 unspecified atom stereocenters. The minimum Gasteiger partial charge on any atom is -0.458 e. The van der Waals surface area contributed by atoms with Gasteiger partial charge in [0.05, 0.1) is 0 Å². The molecule has 3 aliphatic rings. The van der Waals surface area contributed by atoms with Crippen LogP contribution in [0.2, 0.25) is 0 Å². The molecule has 0 aromatic heterocycles. The molecule has 9 rings (SSSR count). The van der Waals surface area contributed by atoms with Gasteiger partial charge in [-0.05, 0) is 72.4 Å². The second-order valence-corrected chi connectivity index (χ2v) is 17.0. The van der Waals surface area contributed by atoms with Crippen LogP contribution in [0, 0.1) is 0 Å². The largest absolute Gasteiger partial charge is 0.458 e. The molecule has 3 aliphatic heterocycles. The lowest BCUT2D eigenvalue weighted by molar-refractivity contribution is 0.483. The van der Waals surface area contributed by atoms with E-state index in [4.69, 9.17) is 4.74 Å². The molecule has 210 valence electrons. The van der Waals surface area contributed by atoms with Crippen molar-refractivity contribution in [2.24, 2.45) is 0 Å². The Morgan fingerprint density at radius 3 is 1.91 bits per heavy atom. The molecule has 3 heterocycles. The van der Waals surface area contributed by atoms with E-state index in [1.54, 1.807) is 0 Å². The van der Waals surface area contributed by atoms with Crippen molar-refractivity contribution in [1.82, 2.24) is 0 Å². The van der Waals surface area contributed by atoms with Crippen molar-refractivity contribution in [1.29, 1.82) is 0 Å². The van der Waals surface area contributed by atoms with Gasteiger partial charge in [0.2, 0.25) is 0 Å². The Bertz CT molecular complexity index is 2060. The van der Waals surface area contributed by atoms with Gasteiger partial charge in [-0.1, -0.05) is 136 Å². The molecule has 0 bridgehead atoms. The highest BCUT2D eigenvalue weighted by Gasteiger charge is 2.53. The molecule has 0 N–H and O–H groups in total. The van der Waals surface area contributed by atoms with Crippen molar-refractivity contribution in [3.8, 4) is 11.5 Å². The van der Waals surface area contributed by atoms with Crippen LogP contribution in [0.25, 0.3) is 0 Å². The highest BCUT2D eigenvalue weighted by molar-refractivity contribution is 7.22. The van der Waals surface area contributed by atoms with Gasteiger partial charge in [-0.2, -0.15) is 0 Å². The first-order chi connectivity index (χ1) is 21.5. The molecule has 0 saturated carbocycles. The van der Waals surface area contributed by atoms with Crippen molar-refractivity contribution in [2.75, 3.05) is 4.90 Å². The van der Waals surface area contributed by atoms with Gasteiger partial charge in [0.1, 0.15) is 11.5 Å². The van der Waals surface area contributed by atoms with Crippen LogP contribution in [-0.2, 0) is 5.41 Å². The minimum atomic E-state index is -2.71. The lowest BCUT2D eigenvalue weighted by atomic mass is 9.34. The summed E-state index contributed by atoms with van der Waals surface area (Å²) in [7, 11) is -2.71. The van der Waals surface area contributed by atoms with Crippen molar-refractivity contribution < 1.29 is 4.74 Å². The average molecular weight is 582 g/mol. The number of benzene rings is 6. The fourth-order valence-corrected chi connectivity index (χ4v) is 13.2. The summed E-state index contributed by atoms with van der Waals surface area (Å²) in [5.41, 5.74) is 8.96. The quantitative estimate of drug-likeness (QED) is 0.264. The predicted molar refractivity (Wildman–Crippen MR) is 188 cm³/mol. The molecule has 0 atom stereocenters. The zero-order valence-corrected chi connectivity index (χ0v) is 26.2. The Balaban J connectivity index is 1.47. The van der Waals surface area contributed by atoms with Gasteiger partial charge < -0.3 is 9.64 Å². The van der Waals surface area contributed by atoms with E-state index in [0.717, 1.165) is 11.5 Å². The first kappa shape index (κ1) is 25.7. The number of anilines is 3. The third kappa shape index (κ3) is 3.32. The van der Waals surface area contributed by atoms with Gasteiger partial charge in [-0.25, -0.2) is 0 Å². The number of ether oxygens (including phenoxy) is 1. The molecule has 6 aromatic rings. The number of fused-ring (bicyclic) bond motifs is 6. The zero-order valence-electron chi connectivity index (χ0n) is 25.2. The second-order valence-electron chi connectivity index (χ2n) is 13.3. The van der Waals surface area contributed by atoms with Crippen molar-refractivity contribution in [2.45, 2.75) is 26.2 Å². The maximum absolute atomic E-state index is 6.77. The lowest BCUT2D eigenvalue weighted by Gasteiger charge is -2.49. The maximum atomic E-state index is 6.77. The molecule has 4 heteroatoms. The third-order valence-corrected chi connectivity index (χ3v) is 14.8. The van der Waals surface area contributed by atoms with Crippen LogP contribution in [-0.4, -0.2) is 14.8 Å². The number of hydrogen-bond acceptors (Lipinski definition) is 2. The summed E-state index contributed by atoms with van der Waals surface area (Å²) in [5, 5.41) is 5.69. The predicted octanol–water partition coefficient (Wildman–Crippen LogP) is 5.08. The van der Waals surface area contributed by atoms with Gasteiger partial charge in [0, 0.05) is 17.1 Å². The van der Waals surface area contributed by atoms with Crippen LogP contribution in [0.4, 0.5) is 17.1 Å². The normalized spacial score (nSPS) is 15.0. The fourth-order valence-electron chi connectivity index (χ4n) is 8.03. The van der Waals surface area contributed by atoms with Crippen LogP contribution >= 0.6 is 0 Å². The monoisotopic (exact) mass is 581 g/mol. The lowest BCUT2D eigenvalue weighted by Crippen LogP contribution is -2.78. The van der Waals surface area contributed by atoms with Crippen molar-refractivity contribution >= 4 is 69.0 Å². The molecule has 0 amide bonds. The van der Waals surface area contributed by atoms with E-state index in [2.05, 4.69) is 165 Å². The van der Waals surface area contributed by atoms with Crippen LogP contribution in [0.5, 0.6) is 11.5 Å². The molecule has 6 aromatic carbocycles. The van der Waals surface area contributed by atoms with E-state index in [1.807, 2.05) is 0 Å². The Morgan fingerprint density at radius 2 is 1.18 bits per heavy atom. The second kappa shape index (κ2) is 9.11. The van der Waals surface area contributed by atoms with Gasteiger partial charge in [-0.15, -0.1) is 0 Å². The maximum Gasteiger partial charge on any atom is 0.256 e. The topological polar surface area (TPSA) is 12.5 Å². The molecule has 44 heavy (non-hydrogen) atoms. The fraction of sp³-hybridized carbons (Fsp3) is 0.100. The van der Waals surface area contributed by atoms with E-state index >= 15 is 0 Å². The molecular weight excluding hydrogens is 549 g/mol. The standard InChI is InChI=1S/C40H32BNOSi/c1-40(2,3)27-25-33-38-35(26-27)43-34-22-12-10-19-30(34)41(38)31-20-14-24-37-39(31)42(33)32-21-11-13-23-36(32)44(37,28-15-6-4-7-16-28)29-17-8-5-9-18-29/h4-26H,1-3H3. The summed E-state index contributed by atoms with van der Waals surface area (Å²) < 4.78 is 6.77. The van der Waals surface area contributed by atoms with Gasteiger partial charge in [-0.3, -0.25) is 0 Å². The zero-order chi connectivity index (χ0) is 29.6. The molecule has 0 spiro atoms. The summed E-state index contributed by atoms with van der Waals surface area (Å²) in [4.78, 5) is 2.58. The van der Waals surface area contributed by atoms with Crippen LogP contribution < -0.4 is 46.8 Å². The average Bonchev–Trinajstić information content (AvgIpc) is 3.06. The van der Waals surface area contributed by atoms with E-state index in [1.165, 1.54) is 59.8 Å². The van der Waals surface area contributed by atoms with E-state index in [-0.39, 0.29) is 12.1 Å². The van der Waals surface area contributed by atoms with Gasteiger partial charge >= 0.3 is 0 Å². The summed E-state index contributed by atoms with van der Waals surface area (Å²) in [5.74, 6) is 1.93. The van der Waals surface area contributed by atoms with Crippen LogP contribution in [0.3, 0.4) is 0 Å². The Morgan fingerprint density at radius 1 is 0.568 bits per heavy atom. The summed E-state index contributed by atoms with van der Waals surface area (Å²) in [6, 6.07) is 52.2. The first-order valence-corrected chi connectivity index (χ1v) is 17.6. The Labute approximate surface area is 260 Å². The molecule has 0 aliphatic carbocycles. The number of nitrogens with zero attached hydrogens (tertiary/aromatic N) is 1. The molecule has 2 nitrogen and oxygen atoms in total. The van der Waals surface area contributed by atoms with E-state index in [9.17, 15) is 0 Å². The number of rotatable bonds is 2. The highest BCUT2D eigenvalue weighted by Crippen LogP contribution is 2.44.